The molecule has 1 saturated heterocycles. The normalized spacial score (nSPS) is 16.4. The van der Waals surface area contributed by atoms with Crippen LogP contribution >= 0.6 is 0 Å². The first-order valence-corrected chi connectivity index (χ1v) is 9.44. The van der Waals surface area contributed by atoms with E-state index in [-0.39, 0.29) is 11.9 Å². The highest BCUT2D eigenvalue weighted by atomic mass is 19.1. The first kappa shape index (κ1) is 19.3. The summed E-state index contributed by atoms with van der Waals surface area (Å²) in [4.78, 5) is 2.31. The van der Waals surface area contributed by atoms with Crippen molar-refractivity contribution in [2.45, 2.75) is 31.9 Å². The molecule has 0 radical (unpaired) electrons. The highest BCUT2D eigenvalue weighted by molar-refractivity contribution is 5.34. The minimum Gasteiger partial charge on any atom is -0.494 e. The van der Waals surface area contributed by atoms with Gasteiger partial charge in [0.2, 0.25) is 0 Å². The molecule has 142 valence electrons. The summed E-state index contributed by atoms with van der Waals surface area (Å²) in [6, 6.07) is 16.0. The first-order valence-electron chi connectivity index (χ1n) is 9.44. The number of benzene rings is 2. The van der Waals surface area contributed by atoms with Crippen LogP contribution in [0, 0.1) is 17.1 Å². The molecule has 0 N–H and O–H groups in total. The lowest BCUT2D eigenvalue weighted by atomic mass is 10.1. The number of halogens is 1. The summed E-state index contributed by atoms with van der Waals surface area (Å²) in [5.41, 5.74) is 1.60. The van der Waals surface area contributed by atoms with E-state index in [1.165, 1.54) is 6.07 Å². The van der Waals surface area contributed by atoms with Gasteiger partial charge in [0.25, 0.3) is 0 Å². The fourth-order valence-corrected chi connectivity index (χ4v) is 3.31. The third kappa shape index (κ3) is 6.35. The number of rotatable bonds is 9. The quantitative estimate of drug-likeness (QED) is 0.624. The van der Waals surface area contributed by atoms with Gasteiger partial charge in [0.1, 0.15) is 11.6 Å². The van der Waals surface area contributed by atoms with Crippen LogP contribution in [0.15, 0.2) is 48.5 Å². The van der Waals surface area contributed by atoms with E-state index in [1.54, 1.807) is 24.3 Å². The van der Waals surface area contributed by atoms with Crippen LogP contribution in [-0.2, 0) is 11.3 Å². The molecule has 27 heavy (non-hydrogen) atoms. The second-order valence-corrected chi connectivity index (χ2v) is 6.84. The largest absolute Gasteiger partial charge is 0.494 e. The molecule has 1 aliphatic heterocycles. The van der Waals surface area contributed by atoms with E-state index in [0.29, 0.717) is 18.7 Å². The predicted octanol–water partition coefficient (Wildman–Crippen LogP) is 4.15. The maximum atomic E-state index is 13.5. The molecule has 1 heterocycles. The highest BCUT2D eigenvalue weighted by Gasteiger charge is 2.19. The van der Waals surface area contributed by atoms with E-state index < -0.39 is 0 Å². The Balaban J connectivity index is 1.49. The van der Waals surface area contributed by atoms with Crippen molar-refractivity contribution < 1.29 is 13.9 Å². The lowest BCUT2D eigenvalue weighted by Crippen LogP contribution is -2.33. The topological polar surface area (TPSA) is 45.5 Å². The van der Waals surface area contributed by atoms with E-state index in [9.17, 15) is 4.39 Å². The second kappa shape index (κ2) is 10.1. The molecule has 0 saturated carbocycles. The molecule has 0 aliphatic carbocycles. The molecule has 3 rings (SSSR count). The van der Waals surface area contributed by atoms with Gasteiger partial charge in [0, 0.05) is 26.2 Å². The van der Waals surface area contributed by atoms with Crippen molar-refractivity contribution in [1.29, 1.82) is 5.26 Å². The zero-order valence-electron chi connectivity index (χ0n) is 15.4. The predicted molar refractivity (Wildman–Crippen MR) is 102 cm³/mol. The average Bonchev–Trinajstić information content (AvgIpc) is 3.19. The first-order chi connectivity index (χ1) is 13.2. The van der Waals surface area contributed by atoms with Gasteiger partial charge in [0.15, 0.2) is 0 Å². The molecular weight excluding hydrogens is 343 g/mol. The summed E-state index contributed by atoms with van der Waals surface area (Å²) in [6.07, 6.45) is 3.32. The monoisotopic (exact) mass is 368 g/mol. The number of nitriles is 1. The Kier molecular flexibility index (Phi) is 7.20. The standard InChI is InChI=1S/C22H25FN2O2/c23-20-5-1-4-19(14-20)16-25(17-22-6-2-12-27-22)11-3-13-26-21-9-7-18(15-24)8-10-21/h1,4-5,7-10,14,22H,2-3,6,11-13,16-17H2. The highest BCUT2D eigenvalue weighted by Crippen LogP contribution is 2.16. The maximum absolute atomic E-state index is 13.5. The van der Waals surface area contributed by atoms with E-state index in [2.05, 4.69) is 11.0 Å². The van der Waals surface area contributed by atoms with Gasteiger partial charge in [-0.2, -0.15) is 5.26 Å². The second-order valence-electron chi connectivity index (χ2n) is 6.84. The third-order valence-corrected chi connectivity index (χ3v) is 4.65. The van der Waals surface area contributed by atoms with Gasteiger partial charge < -0.3 is 9.47 Å². The maximum Gasteiger partial charge on any atom is 0.123 e. The van der Waals surface area contributed by atoms with Crippen molar-refractivity contribution in [3.8, 4) is 11.8 Å². The molecule has 1 unspecified atom stereocenters. The van der Waals surface area contributed by atoms with E-state index in [1.807, 2.05) is 18.2 Å². The summed E-state index contributed by atoms with van der Waals surface area (Å²) in [7, 11) is 0. The van der Waals surface area contributed by atoms with Gasteiger partial charge in [-0.25, -0.2) is 4.39 Å². The molecule has 0 amide bonds. The SMILES string of the molecule is N#Cc1ccc(OCCCN(Cc2cccc(F)c2)CC2CCCO2)cc1. The molecule has 0 aromatic heterocycles. The molecule has 4 nitrogen and oxygen atoms in total. The number of hydrogen-bond acceptors (Lipinski definition) is 4. The van der Waals surface area contributed by atoms with Gasteiger partial charge in [-0.15, -0.1) is 0 Å². The molecule has 1 atom stereocenters. The van der Waals surface area contributed by atoms with Crippen LogP contribution in [0.25, 0.3) is 0 Å². The molecule has 1 fully saturated rings. The molecule has 5 heteroatoms. The summed E-state index contributed by atoms with van der Waals surface area (Å²) < 4.78 is 25.0. The number of nitrogens with zero attached hydrogens (tertiary/aromatic N) is 2. The van der Waals surface area contributed by atoms with Crippen molar-refractivity contribution in [2.24, 2.45) is 0 Å². The van der Waals surface area contributed by atoms with Crippen LogP contribution in [-0.4, -0.2) is 37.3 Å². The third-order valence-electron chi connectivity index (χ3n) is 4.65. The number of hydrogen-bond donors (Lipinski definition) is 0. The van der Waals surface area contributed by atoms with Gasteiger partial charge in [-0.05, 0) is 61.2 Å². The van der Waals surface area contributed by atoms with Crippen LogP contribution in [0.3, 0.4) is 0 Å². The van der Waals surface area contributed by atoms with Crippen molar-refractivity contribution in [2.75, 3.05) is 26.3 Å². The Labute approximate surface area is 160 Å². The molecular formula is C22H25FN2O2. The van der Waals surface area contributed by atoms with Gasteiger partial charge in [-0.1, -0.05) is 12.1 Å². The molecule has 0 spiro atoms. The zero-order chi connectivity index (χ0) is 18.9. The molecule has 0 bridgehead atoms. The molecule has 1 aliphatic rings. The Morgan fingerprint density at radius 2 is 2.07 bits per heavy atom. The smallest absolute Gasteiger partial charge is 0.123 e. The average molecular weight is 368 g/mol. The van der Waals surface area contributed by atoms with E-state index in [0.717, 1.165) is 50.3 Å². The van der Waals surface area contributed by atoms with Crippen molar-refractivity contribution in [1.82, 2.24) is 4.90 Å². The lowest BCUT2D eigenvalue weighted by molar-refractivity contribution is 0.0686. The van der Waals surface area contributed by atoms with Crippen molar-refractivity contribution in [3.63, 3.8) is 0 Å². The van der Waals surface area contributed by atoms with Gasteiger partial charge in [0.05, 0.1) is 24.3 Å². The van der Waals surface area contributed by atoms with Gasteiger partial charge in [-0.3, -0.25) is 4.90 Å². The fraction of sp³-hybridized carbons (Fsp3) is 0.409. The molecule has 2 aromatic rings. The summed E-state index contributed by atoms with van der Waals surface area (Å²) in [5.74, 6) is 0.568. The lowest BCUT2D eigenvalue weighted by Gasteiger charge is -2.25. The minimum atomic E-state index is -0.200. The van der Waals surface area contributed by atoms with Crippen molar-refractivity contribution in [3.05, 3.63) is 65.5 Å². The Bertz CT molecular complexity index is 752. The van der Waals surface area contributed by atoms with Crippen LogP contribution in [0.1, 0.15) is 30.4 Å². The van der Waals surface area contributed by atoms with E-state index in [4.69, 9.17) is 14.7 Å². The van der Waals surface area contributed by atoms with Crippen LogP contribution in [0.2, 0.25) is 0 Å². The van der Waals surface area contributed by atoms with Crippen LogP contribution < -0.4 is 4.74 Å². The Hall–Kier alpha value is -2.42. The fourth-order valence-electron chi connectivity index (χ4n) is 3.31. The summed E-state index contributed by atoms with van der Waals surface area (Å²) in [6.45, 7) is 3.84. The van der Waals surface area contributed by atoms with Gasteiger partial charge >= 0.3 is 0 Å². The van der Waals surface area contributed by atoms with Crippen LogP contribution in [0.4, 0.5) is 4.39 Å². The van der Waals surface area contributed by atoms with E-state index >= 15 is 0 Å². The molecule has 2 aromatic carbocycles. The minimum absolute atomic E-state index is 0.200. The Morgan fingerprint density at radius 3 is 2.78 bits per heavy atom. The summed E-state index contributed by atoms with van der Waals surface area (Å²) >= 11 is 0. The van der Waals surface area contributed by atoms with Crippen LogP contribution in [0.5, 0.6) is 5.75 Å². The number of ether oxygens (including phenoxy) is 2. The Morgan fingerprint density at radius 1 is 1.22 bits per heavy atom. The zero-order valence-corrected chi connectivity index (χ0v) is 15.4. The summed E-state index contributed by atoms with van der Waals surface area (Å²) in [5, 5.41) is 8.83. The van der Waals surface area contributed by atoms with Crippen molar-refractivity contribution >= 4 is 0 Å².